The van der Waals surface area contributed by atoms with Gasteiger partial charge in [-0.2, -0.15) is 0 Å². The molecule has 41 heavy (non-hydrogen) atoms. The van der Waals surface area contributed by atoms with Gasteiger partial charge >= 0.3 is 0 Å². The summed E-state index contributed by atoms with van der Waals surface area (Å²) in [6, 6.07) is 29.3. The van der Waals surface area contributed by atoms with Crippen molar-refractivity contribution >= 4 is 62.9 Å². The van der Waals surface area contributed by atoms with E-state index in [9.17, 15) is 14.4 Å². The highest BCUT2D eigenvalue weighted by molar-refractivity contribution is 9.10. The van der Waals surface area contributed by atoms with Crippen LogP contribution in [0.25, 0.3) is 6.08 Å². The Bertz CT molecular complexity index is 1580. The standard InChI is InChI=1S/C33H30BrN3O3S/c1-21-10-7-11-22(2)30(21)37-31(38)23(3)41-28-17-9-16-27(20-28)35-33(40)29(19-24-12-8-15-26(34)18-24)36-32(39)25-13-5-4-6-14-25/h4-20,23H,1-3H3,(H,35,40)(H,36,39)(H,37,38)/b29-19+. The minimum atomic E-state index is -0.475. The fraction of sp³-hybridized carbons (Fsp3) is 0.121. The van der Waals surface area contributed by atoms with Gasteiger partial charge in [0.25, 0.3) is 11.8 Å². The zero-order chi connectivity index (χ0) is 29.4. The SMILES string of the molecule is Cc1cccc(C)c1NC(=O)C(C)Sc1cccc(NC(=O)/C(=C\c2cccc(Br)c2)NC(=O)c2ccccc2)c1. The van der Waals surface area contributed by atoms with Crippen LogP contribution in [0.4, 0.5) is 11.4 Å². The van der Waals surface area contributed by atoms with Gasteiger partial charge in [0.05, 0.1) is 5.25 Å². The van der Waals surface area contributed by atoms with Crippen molar-refractivity contribution in [2.45, 2.75) is 30.9 Å². The third-order valence-corrected chi connectivity index (χ3v) is 7.78. The van der Waals surface area contributed by atoms with Crippen LogP contribution in [0.2, 0.25) is 0 Å². The molecular formula is C33H30BrN3O3S. The van der Waals surface area contributed by atoms with Crippen molar-refractivity contribution in [1.29, 1.82) is 0 Å². The molecule has 0 aromatic heterocycles. The predicted octanol–water partition coefficient (Wildman–Crippen LogP) is 7.59. The molecular weight excluding hydrogens is 598 g/mol. The molecule has 0 saturated carbocycles. The zero-order valence-corrected chi connectivity index (χ0v) is 25.3. The third-order valence-electron chi connectivity index (χ3n) is 6.19. The lowest BCUT2D eigenvalue weighted by Crippen LogP contribution is -2.30. The average molecular weight is 629 g/mol. The summed E-state index contributed by atoms with van der Waals surface area (Å²) in [4.78, 5) is 40.1. The fourth-order valence-corrected chi connectivity index (χ4v) is 5.39. The summed E-state index contributed by atoms with van der Waals surface area (Å²) in [5, 5.41) is 8.30. The quantitative estimate of drug-likeness (QED) is 0.132. The Hall–Kier alpha value is -4.14. The topological polar surface area (TPSA) is 87.3 Å². The number of carbonyl (C=O) groups is 3. The molecule has 3 N–H and O–H groups in total. The largest absolute Gasteiger partial charge is 0.325 e. The summed E-state index contributed by atoms with van der Waals surface area (Å²) in [5.74, 6) is -0.975. The maximum Gasteiger partial charge on any atom is 0.272 e. The average Bonchev–Trinajstić information content (AvgIpc) is 2.95. The van der Waals surface area contributed by atoms with Crippen molar-refractivity contribution in [3.05, 3.63) is 129 Å². The van der Waals surface area contributed by atoms with Gasteiger partial charge in [0, 0.05) is 26.3 Å². The lowest BCUT2D eigenvalue weighted by molar-refractivity contribution is -0.115. The number of hydrogen-bond acceptors (Lipinski definition) is 4. The van der Waals surface area contributed by atoms with Crippen LogP contribution in [0, 0.1) is 13.8 Å². The van der Waals surface area contributed by atoms with E-state index in [1.807, 2.05) is 81.4 Å². The molecule has 8 heteroatoms. The Balaban J connectivity index is 1.49. The Kier molecular flexibility index (Phi) is 10.2. The van der Waals surface area contributed by atoms with E-state index >= 15 is 0 Å². The van der Waals surface area contributed by atoms with Crippen molar-refractivity contribution in [1.82, 2.24) is 5.32 Å². The molecule has 0 radical (unpaired) electrons. The Morgan fingerprint density at radius 2 is 1.49 bits per heavy atom. The van der Waals surface area contributed by atoms with Gasteiger partial charge in [-0.05, 0) is 86.0 Å². The molecule has 0 saturated heterocycles. The van der Waals surface area contributed by atoms with Crippen molar-refractivity contribution in [3.63, 3.8) is 0 Å². The van der Waals surface area contributed by atoms with Crippen molar-refractivity contribution < 1.29 is 14.4 Å². The first kappa shape index (κ1) is 29.8. The molecule has 4 aromatic carbocycles. The molecule has 6 nitrogen and oxygen atoms in total. The monoisotopic (exact) mass is 627 g/mol. The van der Waals surface area contributed by atoms with Crippen molar-refractivity contribution in [2.24, 2.45) is 0 Å². The minimum absolute atomic E-state index is 0.0938. The zero-order valence-electron chi connectivity index (χ0n) is 22.9. The fourth-order valence-electron chi connectivity index (χ4n) is 4.05. The van der Waals surface area contributed by atoms with Gasteiger partial charge in [-0.25, -0.2) is 0 Å². The number of benzene rings is 4. The lowest BCUT2D eigenvalue weighted by Gasteiger charge is -2.16. The number of para-hydroxylation sites is 1. The van der Waals surface area contributed by atoms with E-state index in [4.69, 9.17) is 0 Å². The summed E-state index contributed by atoms with van der Waals surface area (Å²) < 4.78 is 0.848. The van der Waals surface area contributed by atoms with Crippen LogP contribution in [-0.2, 0) is 9.59 Å². The van der Waals surface area contributed by atoms with Gasteiger partial charge in [0.15, 0.2) is 0 Å². The molecule has 208 valence electrons. The second-order valence-corrected chi connectivity index (χ2v) is 11.8. The maximum absolute atomic E-state index is 13.4. The van der Waals surface area contributed by atoms with Crippen LogP contribution in [-0.4, -0.2) is 23.0 Å². The summed E-state index contributed by atoms with van der Waals surface area (Å²) in [6.07, 6.45) is 1.62. The van der Waals surface area contributed by atoms with Gasteiger partial charge in [-0.1, -0.05) is 70.5 Å². The van der Waals surface area contributed by atoms with Gasteiger partial charge < -0.3 is 16.0 Å². The van der Waals surface area contributed by atoms with E-state index in [-0.39, 0.29) is 16.9 Å². The predicted molar refractivity (Wildman–Crippen MR) is 171 cm³/mol. The van der Waals surface area contributed by atoms with Crippen LogP contribution in [0.15, 0.2) is 112 Å². The lowest BCUT2D eigenvalue weighted by atomic mass is 10.1. The minimum Gasteiger partial charge on any atom is -0.325 e. The number of halogens is 1. The molecule has 0 bridgehead atoms. The normalized spacial score (nSPS) is 11.9. The van der Waals surface area contributed by atoms with Gasteiger partial charge in [0.1, 0.15) is 5.70 Å². The third kappa shape index (κ3) is 8.42. The first-order chi connectivity index (χ1) is 19.7. The van der Waals surface area contributed by atoms with Gasteiger partial charge in [0.2, 0.25) is 5.91 Å². The molecule has 0 aliphatic rings. The Morgan fingerprint density at radius 1 is 0.805 bits per heavy atom. The smallest absolute Gasteiger partial charge is 0.272 e. The number of anilines is 2. The Morgan fingerprint density at radius 3 is 2.20 bits per heavy atom. The number of carbonyl (C=O) groups excluding carboxylic acids is 3. The maximum atomic E-state index is 13.4. The second-order valence-electron chi connectivity index (χ2n) is 9.43. The number of rotatable bonds is 9. The number of aryl methyl sites for hydroxylation is 2. The second kappa shape index (κ2) is 14.0. The number of hydrogen-bond donors (Lipinski definition) is 3. The summed E-state index contributed by atoms with van der Waals surface area (Å²) >= 11 is 4.84. The first-order valence-electron chi connectivity index (χ1n) is 13.0. The van der Waals surface area contributed by atoms with E-state index in [0.29, 0.717) is 11.3 Å². The summed E-state index contributed by atoms with van der Waals surface area (Å²) in [7, 11) is 0. The van der Waals surface area contributed by atoms with Crippen molar-refractivity contribution in [3.8, 4) is 0 Å². The molecule has 0 heterocycles. The molecule has 0 spiro atoms. The van der Waals surface area contributed by atoms with Crippen LogP contribution in [0.3, 0.4) is 0 Å². The van der Waals surface area contributed by atoms with Gasteiger partial charge in [-0.3, -0.25) is 14.4 Å². The van der Waals surface area contributed by atoms with E-state index in [2.05, 4.69) is 31.9 Å². The molecule has 1 unspecified atom stereocenters. The number of nitrogens with one attached hydrogen (secondary N) is 3. The van der Waals surface area contributed by atoms with Crippen LogP contribution < -0.4 is 16.0 Å². The highest BCUT2D eigenvalue weighted by Crippen LogP contribution is 2.28. The number of thioether (sulfide) groups is 1. The van der Waals surface area contributed by atoms with Crippen LogP contribution in [0.5, 0.6) is 0 Å². The highest BCUT2D eigenvalue weighted by Gasteiger charge is 2.18. The van der Waals surface area contributed by atoms with Crippen LogP contribution in [0.1, 0.15) is 34.0 Å². The van der Waals surface area contributed by atoms with Gasteiger partial charge in [-0.15, -0.1) is 11.8 Å². The molecule has 0 aliphatic heterocycles. The van der Waals surface area contributed by atoms with E-state index in [1.165, 1.54) is 11.8 Å². The molecule has 1 atom stereocenters. The molecule has 0 fully saturated rings. The van der Waals surface area contributed by atoms with E-state index in [1.54, 1.807) is 42.5 Å². The van der Waals surface area contributed by atoms with Crippen molar-refractivity contribution in [2.75, 3.05) is 10.6 Å². The van der Waals surface area contributed by atoms with E-state index in [0.717, 1.165) is 31.7 Å². The summed E-state index contributed by atoms with van der Waals surface area (Å²) in [6.45, 7) is 5.78. The van der Waals surface area contributed by atoms with Crippen LogP contribution >= 0.6 is 27.7 Å². The Labute approximate surface area is 252 Å². The molecule has 4 rings (SSSR count). The number of amides is 3. The first-order valence-corrected chi connectivity index (χ1v) is 14.7. The summed E-state index contributed by atoms with van der Waals surface area (Å²) in [5.41, 5.74) is 4.65. The highest BCUT2D eigenvalue weighted by atomic mass is 79.9. The molecule has 4 aromatic rings. The van der Waals surface area contributed by atoms with E-state index < -0.39 is 11.8 Å². The molecule has 0 aliphatic carbocycles. The molecule has 3 amide bonds.